The molecule has 5 atom stereocenters. The molecule has 38 heavy (non-hydrogen) atoms. The zero-order valence-electron chi connectivity index (χ0n) is 23.5. The summed E-state index contributed by atoms with van der Waals surface area (Å²) in [5.74, 6) is 3.76. The highest BCUT2D eigenvalue weighted by Gasteiger charge is 2.57. The van der Waals surface area contributed by atoms with Crippen LogP contribution in [0.15, 0.2) is 78.9 Å². The molecule has 0 radical (unpaired) electrons. The predicted molar refractivity (Wildman–Crippen MR) is 157 cm³/mol. The highest BCUT2D eigenvalue weighted by molar-refractivity contribution is 5.80. The van der Waals surface area contributed by atoms with Crippen molar-refractivity contribution in [3.05, 3.63) is 101 Å². The number of benzene rings is 3. The Labute approximate surface area is 229 Å². The summed E-state index contributed by atoms with van der Waals surface area (Å²) in [5, 5.41) is 0. The minimum Gasteiger partial charge on any atom is -0.493 e. The first-order valence-electron chi connectivity index (χ1n) is 14.6. The van der Waals surface area contributed by atoms with Crippen molar-refractivity contribution in [1.29, 1.82) is 0 Å². The zero-order chi connectivity index (χ0) is 26.3. The van der Waals surface area contributed by atoms with Crippen molar-refractivity contribution in [3.8, 4) is 11.5 Å². The molecule has 2 nitrogen and oxygen atoms in total. The first kappa shape index (κ1) is 25.3. The van der Waals surface area contributed by atoms with E-state index in [1.807, 2.05) is 0 Å². The average molecular weight is 507 g/mol. The number of methoxy groups -OCH3 is 2. The maximum atomic E-state index is 5.77. The summed E-state index contributed by atoms with van der Waals surface area (Å²) < 4.78 is 11.4. The lowest BCUT2D eigenvalue weighted by Crippen LogP contribution is -2.55. The zero-order valence-corrected chi connectivity index (χ0v) is 23.5. The third-order valence-electron chi connectivity index (χ3n) is 10.6. The van der Waals surface area contributed by atoms with Crippen LogP contribution in [0.25, 0.3) is 5.57 Å². The normalized spacial score (nSPS) is 29.8. The molecule has 0 bridgehead atoms. The van der Waals surface area contributed by atoms with Gasteiger partial charge in [0.1, 0.15) is 0 Å². The van der Waals surface area contributed by atoms with Gasteiger partial charge >= 0.3 is 0 Å². The summed E-state index contributed by atoms with van der Waals surface area (Å²) in [6.45, 7) is 5.21. The Bertz CT molecular complexity index is 1270. The first-order chi connectivity index (χ1) is 18.5. The average Bonchev–Trinajstić information content (AvgIpc) is 2.95. The van der Waals surface area contributed by atoms with E-state index >= 15 is 0 Å². The second-order valence-electron chi connectivity index (χ2n) is 12.4. The van der Waals surface area contributed by atoms with Crippen molar-refractivity contribution in [2.75, 3.05) is 14.2 Å². The molecule has 2 fully saturated rings. The molecule has 0 heterocycles. The molecule has 3 aliphatic carbocycles. The van der Waals surface area contributed by atoms with E-state index in [1.165, 1.54) is 66.4 Å². The molecule has 0 aliphatic heterocycles. The van der Waals surface area contributed by atoms with E-state index in [2.05, 4.69) is 92.7 Å². The molecule has 0 saturated heterocycles. The van der Waals surface area contributed by atoms with Crippen molar-refractivity contribution in [1.82, 2.24) is 0 Å². The summed E-state index contributed by atoms with van der Waals surface area (Å²) >= 11 is 0. The lowest BCUT2D eigenvalue weighted by Gasteiger charge is -2.62. The second-order valence-corrected chi connectivity index (χ2v) is 12.4. The Kier molecular flexibility index (Phi) is 6.62. The molecule has 0 amide bonds. The van der Waals surface area contributed by atoms with Gasteiger partial charge in [-0.1, -0.05) is 87.0 Å². The lowest BCUT2D eigenvalue weighted by molar-refractivity contribution is -0.0717. The Hall–Kier alpha value is -3.00. The minimum atomic E-state index is 0.186. The van der Waals surface area contributed by atoms with Crippen molar-refractivity contribution in [2.24, 2.45) is 23.2 Å². The summed E-state index contributed by atoms with van der Waals surface area (Å²) in [4.78, 5) is 0. The lowest BCUT2D eigenvalue weighted by atomic mass is 9.42. The Morgan fingerprint density at radius 1 is 0.789 bits per heavy atom. The van der Waals surface area contributed by atoms with E-state index in [0.717, 1.165) is 23.8 Å². The van der Waals surface area contributed by atoms with E-state index in [1.54, 1.807) is 14.2 Å². The molecule has 3 aromatic rings. The van der Waals surface area contributed by atoms with Gasteiger partial charge in [-0.25, -0.2) is 0 Å². The second kappa shape index (κ2) is 9.95. The maximum absolute atomic E-state index is 5.77. The van der Waals surface area contributed by atoms with Gasteiger partial charge in [0, 0.05) is 0 Å². The van der Waals surface area contributed by atoms with E-state index in [0.29, 0.717) is 17.3 Å². The molecule has 2 saturated carbocycles. The molecule has 0 spiro atoms. The number of allylic oxidation sites excluding steroid dienone is 1. The van der Waals surface area contributed by atoms with Crippen LogP contribution in [-0.2, 0) is 11.8 Å². The molecule has 0 aromatic heterocycles. The third kappa shape index (κ3) is 4.08. The Morgan fingerprint density at radius 2 is 1.42 bits per heavy atom. The number of hydrogen-bond acceptors (Lipinski definition) is 2. The molecule has 2 heteroatoms. The van der Waals surface area contributed by atoms with Crippen LogP contribution in [0.1, 0.15) is 74.6 Å². The van der Waals surface area contributed by atoms with E-state index < -0.39 is 0 Å². The predicted octanol–water partition coefficient (Wildman–Crippen LogP) is 8.87. The van der Waals surface area contributed by atoms with Crippen LogP contribution in [0.4, 0.5) is 0 Å². The van der Waals surface area contributed by atoms with Gasteiger partial charge in [-0.05, 0) is 107 Å². The number of aryl methyl sites for hydroxylation is 1. The summed E-state index contributed by atoms with van der Waals surface area (Å²) in [7, 11) is 3.51. The molecule has 0 unspecified atom stereocenters. The van der Waals surface area contributed by atoms with Crippen molar-refractivity contribution in [3.63, 3.8) is 0 Å². The van der Waals surface area contributed by atoms with Gasteiger partial charge in [0.25, 0.3) is 0 Å². The summed E-state index contributed by atoms with van der Waals surface area (Å²) in [5.41, 5.74) is 7.57. The van der Waals surface area contributed by atoms with E-state index in [9.17, 15) is 0 Å². The molecule has 0 N–H and O–H groups in total. The van der Waals surface area contributed by atoms with Crippen LogP contribution >= 0.6 is 0 Å². The van der Waals surface area contributed by atoms with Gasteiger partial charge in [-0.2, -0.15) is 0 Å². The van der Waals surface area contributed by atoms with Crippen LogP contribution in [0, 0.1) is 23.2 Å². The van der Waals surface area contributed by atoms with Gasteiger partial charge in [0.15, 0.2) is 11.5 Å². The van der Waals surface area contributed by atoms with Crippen LogP contribution in [0.3, 0.4) is 0 Å². The van der Waals surface area contributed by atoms with Crippen molar-refractivity contribution in [2.45, 2.75) is 64.2 Å². The summed E-state index contributed by atoms with van der Waals surface area (Å²) in [6, 6.07) is 26.6. The number of rotatable bonds is 5. The van der Waals surface area contributed by atoms with Gasteiger partial charge in [0.05, 0.1) is 14.2 Å². The van der Waals surface area contributed by atoms with Crippen molar-refractivity contribution >= 4 is 5.57 Å². The molecule has 3 aromatic carbocycles. The maximum Gasteiger partial charge on any atom is 0.161 e. The fourth-order valence-corrected chi connectivity index (χ4v) is 8.87. The molecular formula is C36H42O2. The largest absolute Gasteiger partial charge is 0.493 e. The first-order valence-corrected chi connectivity index (χ1v) is 14.6. The fraction of sp³-hybridized carbons (Fsp3) is 0.444. The van der Waals surface area contributed by atoms with Gasteiger partial charge in [0.2, 0.25) is 0 Å². The fourth-order valence-electron chi connectivity index (χ4n) is 8.87. The SMILES string of the molecule is COc1cc2c(cc1OC)[C@@]1(C)CC[C@@H]3[C@@H](C=C(c4ccccc4)c4ccccc4)CCC[C@@]3(C)[C@@H]1CC2. The van der Waals surface area contributed by atoms with Crippen LogP contribution in [0.5, 0.6) is 11.5 Å². The molecule has 3 aliphatic rings. The molecular weight excluding hydrogens is 464 g/mol. The van der Waals surface area contributed by atoms with Crippen molar-refractivity contribution < 1.29 is 9.47 Å². The smallest absolute Gasteiger partial charge is 0.161 e. The van der Waals surface area contributed by atoms with Crippen LogP contribution < -0.4 is 9.47 Å². The Morgan fingerprint density at radius 3 is 2.05 bits per heavy atom. The monoisotopic (exact) mass is 506 g/mol. The number of hydrogen-bond donors (Lipinski definition) is 0. The van der Waals surface area contributed by atoms with Gasteiger partial charge < -0.3 is 9.47 Å². The van der Waals surface area contributed by atoms with Gasteiger partial charge in [-0.3, -0.25) is 0 Å². The standard InChI is InChI=1S/C36H42O2/c1-35-20-11-16-27(22-29(25-12-7-5-8-13-25)26-14-9-6-10-15-26)30(35)19-21-36(2)31-24-33(38-4)32(37-3)23-28(31)17-18-34(35)36/h5-10,12-15,22-24,27,30,34H,11,16-21H2,1-4H3/t27-,30-,34+,35-,36-/m1/s1. The molecule has 198 valence electrons. The number of fused-ring (bicyclic) bond motifs is 5. The summed E-state index contributed by atoms with van der Waals surface area (Å²) in [6.07, 6.45) is 11.6. The quantitative estimate of drug-likeness (QED) is 0.344. The number of ether oxygens (including phenoxy) is 2. The van der Waals surface area contributed by atoms with Crippen LogP contribution in [0.2, 0.25) is 0 Å². The van der Waals surface area contributed by atoms with E-state index in [4.69, 9.17) is 9.47 Å². The van der Waals surface area contributed by atoms with Gasteiger partial charge in [-0.15, -0.1) is 0 Å². The van der Waals surface area contributed by atoms with Crippen LogP contribution in [-0.4, -0.2) is 14.2 Å². The highest BCUT2D eigenvalue weighted by atomic mass is 16.5. The Balaban J connectivity index is 1.39. The third-order valence-corrected chi connectivity index (χ3v) is 10.6. The molecule has 6 rings (SSSR count). The van der Waals surface area contributed by atoms with E-state index in [-0.39, 0.29) is 5.41 Å². The minimum absolute atomic E-state index is 0.186. The highest BCUT2D eigenvalue weighted by Crippen LogP contribution is 2.65. The topological polar surface area (TPSA) is 18.5 Å².